The summed E-state index contributed by atoms with van der Waals surface area (Å²) in [6, 6.07) is 4.58. The van der Waals surface area contributed by atoms with Gasteiger partial charge < -0.3 is 9.15 Å². The predicted octanol–water partition coefficient (Wildman–Crippen LogP) is 2.06. The molecule has 0 spiro atoms. The van der Waals surface area contributed by atoms with E-state index in [1.807, 2.05) is 0 Å². The molecule has 1 aromatic carbocycles. The summed E-state index contributed by atoms with van der Waals surface area (Å²) >= 11 is 6.11. The lowest BCUT2D eigenvalue weighted by molar-refractivity contribution is -0.137. The summed E-state index contributed by atoms with van der Waals surface area (Å²) in [5.41, 5.74) is 3.45. The summed E-state index contributed by atoms with van der Waals surface area (Å²) in [5, 5.41) is 4.78. The van der Waals surface area contributed by atoms with Crippen LogP contribution >= 0.6 is 11.6 Å². The molecular formula is C16H13ClN2O5. The molecule has 8 heteroatoms. The molecule has 1 aliphatic heterocycles. The molecule has 2 aromatic rings. The lowest BCUT2D eigenvalue weighted by Gasteiger charge is -2.12. The van der Waals surface area contributed by atoms with E-state index in [-0.39, 0.29) is 31.1 Å². The number of carbonyl (C=O) groups is 2. The van der Waals surface area contributed by atoms with Gasteiger partial charge in [0.1, 0.15) is 17.9 Å². The normalized spacial score (nSPS) is 14.2. The maximum atomic E-state index is 12.0. The van der Waals surface area contributed by atoms with Gasteiger partial charge >= 0.3 is 11.6 Å². The Morgan fingerprint density at radius 3 is 2.83 bits per heavy atom. The van der Waals surface area contributed by atoms with Crippen molar-refractivity contribution in [2.24, 2.45) is 5.10 Å². The molecular weight excluding hydrogens is 336 g/mol. The first-order chi connectivity index (χ1) is 11.4. The van der Waals surface area contributed by atoms with Crippen LogP contribution in [0.3, 0.4) is 0 Å². The van der Waals surface area contributed by atoms with E-state index >= 15 is 0 Å². The Kier molecular flexibility index (Phi) is 4.35. The number of aryl methyl sites for hydroxylation is 1. The molecule has 1 amide bonds. The number of halogens is 1. The van der Waals surface area contributed by atoms with Crippen molar-refractivity contribution in [1.82, 2.24) is 5.43 Å². The Balaban J connectivity index is 1.85. The van der Waals surface area contributed by atoms with Crippen molar-refractivity contribution in [3.63, 3.8) is 0 Å². The number of esters is 1. The van der Waals surface area contributed by atoms with Gasteiger partial charge in [0, 0.05) is 34.9 Å². The van der Waals surface area contributed by atoms with Crippen LogP contribution in [-0.4, -0.2) is 17.6 Å². The van der Waals surface area contributed by atoms with Crippen molar-refractivity contribution in [3.8, 4) is 0 Å². The van der Waals surface area contributed by atoms with E-state index in [0.717, 1.165) is 5.56 Å². The SMILES string of the molecule is Cc1cc2oc(=O)cc(COC(=O)C3=NNC(=O)CC3)c2cc1Cl. The molecule has 0 saturated carbocycles. The topological polar surface area (TPSA) is 98.0 Å². The third kappa shape index (κ3) is 3.30. The van der Waals surface area contributed by atoms with Gasteiger partial charge in [-0.1, -0.05) is 11.6 Å². The van der Waals surface area contributed by atoms with Crippen LogP contribution in [-0.2, 0) is 20.9 Å². The number of benzene rings is 1. The van der Waals surface area contributed by atoms with Gasteiger partial charge in [-0.3, -0.25) is 4.79 Å². The fourth-order valence-electron chi connectivity index (χ4n) is 2.32. The third-order valence-electron chi connectivity index (χ3n) is 3.61. The number of nitrogens with one attached hydrogen (secondary N) is 1. The predicted molar refractivity (Wildman–Crippen MR) is 86.8 cm³/mol. The summed E-state index contributed by atoms with van der Waals surface area (Å²) in [7, 11) is 0. The van der Waals surface area contributed by atoms with Crippen LogP contribution in [0.15, 0.2) is 32.5 Å². The monoisotopic (exact) mass is 348 g/mol. The number of ether oxygens (including phenoxy) is 1. The quantitative estimate of drug-likeness (QED) is 0.676. The zero-order chi connectivity index (χ0) is 17.3. The summed E-state index contributed by atoms with van der Waals surface area (Å²) in [6.07, 6.45) is 0.397. The minimum atomic E-state index is -0.644. The van der Waals surface area contributed by atoms with Gasteiger partial charge in [0.2, 0.25) is 5.91 Å². The molecule has 3 rings (SSSR count). The van der Waals surface area contributed by atoms with Crippen LogP contribution in [0.1, 0.15) is 24.0 Å². The second-order valence-corrected chi connectivity index (χ2v) is 5.77. The molecule has 0 unspecified atom stereocenters. The summed E-state index contributed by atoms with van der Waals surface area (Å²) < 4.78 is 10.3. The van der Waals surface area contributed by atoms with Gasteiger partial charge in [-0.05, 0) is 24.6 Å². The van der Waals surface area contributed by atoms with E-state index in [9.17, 15) is 14.4 Å². The molecule has 0 saturated heterocycles. The largest absolute Gasteiger partial charge is 0.456 e. The molecule has 0 aliphatic carbocycles. The number of hydrogen-bond donors (Lipinski definition) is 1. The van der Waals surface area contributed by atoms with E-state index in [2.05, 4.69) is 10.5 Å². The zero-order valence-corrected chi connectivity index (χ0v) is 13.5. The molecule has 24 heavy (non-hydrogen) atoms. The number of nitrogens with zero attached hydrogens (tertiary/aromatic N) is 1. The Morgan fingerprint density at radius 1 is 1.33 bits per heavy atom. The van der Waals surface area contributed by atoms with Crippen molar-refractivity contribution < 1.29 is 18.7 Å². The third-order valence-corrected chi connectivity index (χ3v) is 4.02. The summed E-state index contributed by atoms with van der Waals surface area (Å²) in [4.78, 5) is 34.7. The Labute approximate surface area is 141 Å². The molecule has 1 N–H and O–H groups in total. The van der Waals surface area contributed by atoms with Crippen LogP contribution < -0.4 is 11.1 Å². The van der Waals surface area contributed by atoms with Gasteiger partial charge in [-0.25, -0.2) is 15.0 Å². The van der Waals surface area contributed by atoms with Gasteiger partial charge in [0.25, 0.3) is 0 Å². The number of carbonyl (C=O) groups excluding carboxylic acids is 2. The van der Waals surface area contributed by atoms with Crippen LogP contribution in [0.4, 0.5) is 0 Å². The van der Waals surface area contributed by atoms with Crippen LogP contribution in [0.25, 0.3) is 11.0 Å². The minimum absolute atomic E-state index is 0.132. The maximum Gasteiger partial charge on any atom is 0.354 e. The summed E-state index contributed by atoms with van der Waals surface area (Å²) in [5.74, 6) is -0.891. The standard InChI is InChI=1S/C16H13ClN2O5/c1-8-4-13-10(6-11(8)17)9(5-15(21)24-13)7-23-16(22)12-2-3-14(20)19-18-12/h4-6H,2-3,7H2,1H3,(H,19,20). The Hall–Kier alpha value is -2.67. The molecule has 7 nitrogen and oxygen atoms in total. The van der Waals surface area contributed by atoms with Gasteiger partial charge in [-0.15, -0.1) is 0 Å². The second kappa shape index (κ2) is 6.45. The van der Waals surface area contributed by atoms with Gasteiger partial charge in [-0.2, -0.15) is 5.10 Å². The number of hydrazone groups is 1. The van der Waals surface area contributed by atoms with E-state index in [1.54, 1.807) is 19.1 Å². The second-order valence-electron chi connectivity index (χ2n) is 5.36. The molecule has 0 atom stereocenters. The zero-order valence-electron chi connectivity index (χ0n) is 12.7. The molecule has 0 bridgehead atoms. The first-order valence-corrected chi connectivity index (χ1v) is 7.57. The highest BCUT2D eigenvalue weighted by molar-refractivity contribution is 6.37. The molecule has 0 radical (unpaired) electrons. The number of rotatable bonds is 3. The molecule has 124 valence electrons. The highest BCUT2D eigenvalue weighted by Gasteiger charge is 2.20. The van der Waals surface area contributed by atoms with Crippen molar-refractivity contribution >= 4 is 40.2 Å². The fourth-order valence-corrected chi connectivity index (χ4v) is 2.48. The molecule has 0 fully saturated rings. The van der Waals surface area contributed by atoms with Crippen LogP contribution in [0.5, 0.6) is 0 Å². The number of amides is 1. The smallest absolute Gasteiger partial charge is 0.354 e. The average molecular weight is 349 g/mol. The van der Waals surface area contributed by atoms with Crippen LogP contribution in [0.2, 0.25) is 5.02 Å². The highest BCUT2D eigenvalue weighted by atomic mass is 35.5. The van der Waals surface area contributed by atoms with Gasteiger partial charge in [0.05, 0.1) is 0 Å². The highest BCUT2D eigenvalue weighted by Crippen LogP contribution is 2.25. The van der Waals surface area contributed by atoms with E-state index in [1.165, 1.54) is 6.07 Å². The molecule has 1 aromatic heterocycles. The van der Waals surface area contributed by atoms with E-state index in [0.29, 0.717) is 21.6 Å². The van der Waals surface area contributed by atoms with Crippen LogP contribution in [0, 0.1) is 6.92 Å². The van der Waals surface area contributed by atoms with Crippen molar-refractivity contribution in [3.05, 3.63) is 44.8 Å². The van der Waals surface area contributed by atoms with E-state index in [4.69, 9.17) is 20.8 Å². The Bertz CT molecular complexity index is 932. The Morgan fingerprint density at radius 2 is 2.12 bits per heavy atom. The molecule has 2 heterocycles. The van der Waals surface area contributed by atoms with Crippen molar-refractivity contribution in [1.29, 1.82) is 0 Å². The minimum Gasteiger partial charge on any atom is -0.456 e. The van der Waals surface area contributed by atoms with Gasteiger partial charge in [0.15, 0.2) is 0 Å². The number of hydrogen-bond acceptors (Lipinski definition) is 6. The maximum absolute atomic E-state index is 12.0. The fraction of sp³-hybridized carbons (Fsp3) is 0.250. The number of fused-ring (bicyclic) bond motifs is 1. The summed E-state index contributed by atoms with van der Waals surface area (Å²) in [6.45, 7) is 1.66. The first-order valence-electron chi connectivity index (χ1n) is 7.19. The lowest BCUT2D eigenvalue weighted by atomic mass is 10.1. The lowest BCUT2D eigenvalue weighted by Crippen LogP contribution is -2.30. The molecule has 1 aliphatic rings. The van der Waals surface area contributed by atoms with Crippen molar-refractivity contribution in [2.45, 2.75) is 26.4 Å². The van der Waals surface area contributed by atoms with Crippen molar-refractivity contribution in [2.75, 3.05) is 0 Å². The first kappa shape index (κ1) is 16.2. The average Bonchev–Trinajstić information content (AvgIpc) is 2.54. The van der Waals surface area contributed by atoms with E-state index < -0.39 is 11.6 Å².